The number of carbonyl (C=O) groups is 2. The first-order valence-electron chi connectivity index (χ1n) is 10.8. The molecule has 3 heterocycles. The number of pyridine rings is 1. The summed E-state index contributed by atoms with van der Waals surface area (Å²) in [6.07, 6.45) is 3.14. The fraction of sp³-hybridized carbons (Fsp3) is 0.269. The number of aromatic nitrogens is 1. The van der Waals surface area contributed by atoms with Crippen LogP contribution in [0.5, 0.6) is 0 Å². The predicted molar refractivity (Wildman–Crippen MR) is 121 cm³/mol. The molecule has 3 atom stereocenters. The molecule has 2 aliphatic rings. The Kier molecular flexibility index (Phi) is 5.23. The first-order valence-corrected chi connectivity index (χ1v) is 10.8. The molecular weight excluding hydrogens is 402 g/mol. The number of carbonyl (C=O) groups excluding carboxylic acids is 2. The molecule has 0 aliphatic carbocycles. The number of rotatable bonds is 4. The highest BCUT2D eigenvalue weighted by molar-refractivity contribution is 5.97. The van der Waals surface area contributed by atoms with E-state index in [2.05, 4.69) is 60.4 Å². The van der Waals surface area contributed by atoms with Gasteiger partial charge in [0.1, 0.15) is 6.54 Å². The van der Waals surface area contributed by atoms with Crippen LogP contribution < -0.4 is 0 Å². The number of nitrogens with zero attached hydrogens (tertiary/aromatic N) is 3. The highest BCUT2D eigenvalue weighted by Crippen LogP contribution is 2.43. The summed E-state index contributed by atoms with van der Waals surface area (Å²) < 4.78 is 0. The molecule has 3 aromatic rings. The van der Waals surface area contributed by atoms with Gasteiger partial charge in [0.05, 0.1) is 24.3 Å². The van der Waals surface area contributed by atoms with Gasteiger partial charge in [-0.1, -0.05) is 54.1 Å². The molecule has 2 saturated heterocycles. The van der Waals surface area contributed by atoms with E-state index in [1.807, 2.05) is 0 Å². The number of aliphatic hydroxyl groups is 1. The molecule has 0 unspecified atom stereocenters. The lowest BCUT2D eigenvalue weighted by Crippen LogP contribution is -2.73. The van der Waals surface area contributed by atoms with Crippen molar-refractivity contribution >= 4 is 11.8 Å². The van der Waals surface area contributed by atoms with Crippen LogP contribution in [0, 0.1) is 6.92 Å². The Labute approximate surface area is 187 Å². The van der Waals surface area contributed by atoms with Crippen LogP contribution in [0.4, 0.5) is 0 Å². The van der Waals surface area contributed by atoms with Crippen molar-refractivity contribution in [1.29, 1.82) is 0 Å². The molecule has 2 aromatic carbocycles. The second kappa shape index (κ2) is 8.20. The largest absolute Gasteiger partial charge is 0.394 e. The van der Waals surface area contributed by atoms with Gasteiger partial charge in [-0.2, -0.15) is 0 Å². The Hall–Kier alpha value is -3.51. The zero-order valence-electron chi connectivity index (χ0n) is 17.9. The van der Waals surface area contributed by atoms with Crippen molar-refractivity contribution in [2.24, 2.45) is 0 Å². The number of hydrogen-bond donors (Lipinski definition) is 1. The predicted octanol–water partition coefficient (Wildman–Crippen LogP) is 2.87. The van der Waals surface area contributed by atoms with E-state index in [1.165, 1.54) is 11.8 Å². The number of amides is 2. The lowest BCUT2D eigenvalue weighted by Gasteiger charge is -2.58. The normalized spacial score (nSPS) is 22.3. The molecule has 2 aliphatic heterocycles. The number of hydrogen-bond acceptors (Lipinski definition) is 4. The number of fused-ring (bicyclic) bond motifs is 1. The van der Waals surface area contributed by atoms with Crippen LogP contribution in [-0.4, -0.2) is 63.5 Å². The van der Waals surface area contributed by atoms with Gasteiger partial charge in [-0.05, 0) is 35.7 Å². The van der Waals surface area contributed by atoms with Gasteiger partial charge >= 0.3 is 0 Å². The number of benzene rings is 2. The molecule has 0 spiro atoms. The number of piperazine rings is 1. The maximum Gasteiger partial charge on any atom is 0.255 e. The molecule has 162 valence electrons. The number of aliphatic hydroxyl groups excluding tert-OH is 1. The van der Waals surface area contributed by atoms with Crippen LogP contribution in [-0.2, 0) is 4.79 Å². The highest BCUT2D eigenvalue weighted by Gasteiger charge is 2.54. The van der Waals surface area contributed by atoms with Crippen LogP contribution in [0.2, 0.25) is 0 Å². The fourth-order valence-electron chi connectivity index (χ4n) is 4.97. The average molecular weight is 428 g/mol. The number of aryl methyl sites for hydroxylation is 1. The first kappa shape index (κ1) is 20.4. The Morgan fingerprint density at radius 2 is 1.75 bits per heavy atom. The third-order valence-electron chi connectivity index (χ3n) is 6.63. The SMILES string of the molecule is Cc1ccc(-c2ccc([C@@H]3[C@H]4CN(C(=O)c5cccnc5)CC(=O)N4[C@H]3CO)cc2)cc1. The minimum Gasteiger partial charge on any atom is -0.394 e. The monoisotopic (exact) mass is 427 g/mol. The molecule has 6 heteroatoms. The third kappa shape index (κ3) is 3.46. The molecule has 0 radical (unpaired) electrons. The van der Waals surface area contributed by atoms with Gasteiger partial charge in [0, 0.05) is 24.9 Å². The van der Waals surface area contributed by atoms with Crippen molar-refractivity contribution in [1.82, 2.24) is 14.8 Å². The van der Waals surface area contributed by atoms with Crippen LogP contribution in [0.25, 0.3) is 11.1 Å². The van der Waals surface area contributed by atoms with Crippen molar-refractivity contribution in [2.45, 2.75) is 24.9 Å². The van der Waals surface area contributed by atoms with Gasteiger partial charge in [0.15, 0.2) is 0 Å². The summed E-state index contributed by atoms with van der Waals surface area (Å²) in [7, 11) is 0. The Bertz CT molecular complexity index is 1130. The van der Waals surface area contributed by atoms with Crippen molar-refractivity contribution in [2.75, 3.05) is 19.7 Å². The molecule has 1 aromatic heterocycles. The molecule has 1 N–H and O–H groups in total. The smallest absolute Gasteiger partial charge is 0.255 e. The van der Waals surface area contributed by atoms with Gasteiger partial charge in [0.25, 0.3) is 5.91 Å². The fourth-order valence-corrected chi connectivity index (χ4v) is 4.97. The van der Waals surface area contributed by atoms with E-state index in [-0.39, 0.29) is 43.0 Å². The topological polar surface area (TPSA) is 73.7 Å². The quantitative estimate of drug-likeness (QED) is 0.695. The van der Waals surface area contributed by atoms with Crippen molar-refractivity contribution in [3.63, 3.8) is 0 Å². The van der Waals surface area contributed by atoms with Crippen molar-refractivity contribution in [3.05, 3.63) is 89.7 Å². The minimum atomic E-state index is -0.256. The summed E-state index contributed by atoms with van der Waals surface area (Å²) in [5, 5.41) is 10.0. The lowest BCUT2D eigenvalue weighted by molar-refractivity contribution is -0.159. The van der Waals surface area contributed by atoms with Gasteiger partial charge in [-0.3, -0.25) is 14.6 Å². The zero-order valence-corrected chi connectivity index (χ0v) is 17.9. The molecule has 2 fully saturated rings. The Morgan fingerprint density at radius 1 is 1.06 bits per heavy atom. The van der Waals surface area contributed by atoms with E-state index in [9.17, 15) is 14.7 Å². The Morgan fingerprint density at radius 3 is 2.38 bits per heavy atom. The minimum absolute atomic E-state index is 0.0134. The third-order valence-corrected chi connectivity index (χ3v) is 6.63. The summed E-state index contributed by atoms with van der Waals surface area (Å²) in [4.78, 5) is 33.1. The molecule has 0 bridgehead atoms. The van der Waals surface area contributed by atoms with Crippen LogP contribution >= 0.6 is 0 Å². The second-order valence-electron chi connectivity index (χ2n) is 8.56. The molecule has 0 saturated carbocycles. The van der Waals surface area contributed by atoms with E-state index in [0.717, 1.165) is 16.7 Å². The molecular formula is C26H25N3O3. The summed E-state index contributed by atoms with van der Waals surface area (Å²) in [5.41, 5.74) is 5.05. The summed E-state index contributed by atoms with van der Waals surface area (Å²) >= 11 is 0. The van der Waals surface area contributed by atoms with Gasteiger partial charge in [-0.15, -0.1) is 0 Å². The summed E-state index contributed by atoms with van der Waals surface area (Å²) in [6, 6.07) is 19.7. The molecule has 6 nitrogen and oxygen atoms in total. The van der Waals surface area contributed by atoms with E-state index in [0.29, 0.717) is 12.1 Å². The molecule has 2 amide bonds. The van der Waals surface area contributed by atoms with Crippen LogP contribution in [0.1, 0.15) is 27.4 Å². The van der Waals surface area contributed by atoms with E-state index >= 15 is 0 Å². The Balaban J connectivity index is 1.38. The molecule has 5 rings (SSSR count). The highest BCUT2D eigenvalue weighted by atomic mass is 16.3. The van der Waals surface area contributed by atoms with E-state index in [1.54, 1.807) is 28.1 Å². The van der Waals surface area contributed by atoms with E-state index < -0.39 is 0 Å². The van der Waals surface area contributed by atoms with E-state index in [4.69, 9.17) is 0 Å². The second-order valence-corrected chi connectivity index (χ2v) is 8.56. The summed E-state index contributed by atoms with van der Waals surface area (Å²) in [5.74, 6) is -0.322. The van der Waals surface area contributed by atoms with Crippen LogP contribution in [0.3, 0.4) is 0 Å². The summed E-state index contributed by atoms with van der Waals surface area (Å²) in [6.45, 7) is 2.45. The first-order chi connectivity index (χ1) is 15.6. The van der Waals surface area contributed by atoms with Gasteiger partial charge < -0.3 is 14.9 Å². The lowest BCUT2D eigenvalue weighted by atomic mass is 9.73. The average Bonchev–Trinajstić information content (AvgIpc) is 2.81. The standard InChI is InChI=1S/C26H25N3O3/c1-17-4-6-18(7-5-17)19-8-10-20(11-9-19)25-22-14-28(15-24(31)29(22)23(25)16-30)26(32)21-3-2-12-27-13-21/h2-13,22-23,25,30H,14-16H2,1H3/t22-,23+,25-/m1/s1. The zero-order chi connectivity index (χ0) is 22.2. The van der Waals surface area contributed by atoms with Crippen LogP contribution in [0.15, 0.2) is 73.1 Å². The molecule has 32 heavy (non-hydrogen) atoms. The van der Waals surface area contributed by atoms with Gasteiger partial charge in [0.2, 0.25) is 5.91 Å². The van der Waals surface area contributed by atoms with Crippen molar-refractivity contribution < 1.29 is 14.7 Å². The van der Waals surface area contributed by atoms with Gasteiger partial charge in [-0.25, -0.2) is 0 Å². The maximum atomic E-state index is 12.9. The van der Waals surface area contributed by atoms with Crippen molar-refractivity contribution in [3.8, 4) is 11.1 Å². The maximum absolute atomic E-state index is 12.9.